The molecule has 2 atom stereocenters. The lowest BCUT2D eigenvalue weighted by atomic mass is 9.86. The largest absolute Gasteiger partial charge is 0.497 e. The second-order valence-corrected chi connectivity index (χ2v) is 9.05. The molecule has 0 saturated heterocycles. The Kier molecular flexibility index (Phi) is 6.60. The van der Waals surface area contributed by atoms with Crippen LogP contribution in [-0.4, -0.2) is 42.6 Å². The number of alkyl halides is 1. The van der Waals surface area contributed by atoms with Crippen molar-refractivity contribution >= 4 is 17.5 Å². The van der Waals surface area contributed by atoms with Crippen LogP contribution in [0.2, 0.25) is 0 Å². The van der Waals surface area contributed by atoms with Crippen LogP contribution in [0.15, 0.2) is 72.0 Å². The number of ether oxygens (including phenoxy) is 1. The number of hydrogen-bond donors (Lipinski definition) is 0. The molecule has 1 aliphatic heterocycles. The molecule has 34 heavy (non-hydrogen) atoms. The monoisotopic (exact) mass is 462 g/mol. The van der Waals surface area contributed by atoms with Crippen LogP contribution in [0.4, 0.5) is 10.1 Å². The van der Waals surface area contributed by atoms with Gasteiger partial charge in [0.15, 0.2) is 0 Å². The zero-order chi connectivity index (χ0) is 24.5. The molecule has 178 valence electrons. The van der Waals surface area contributed by atoms with Crippen molar-refractivity contribution in [3.8, 4) is 5.75 Å². The van der Waals surface area contributed by atoms with Crippen molar-refractivity contribution < 1.29 is 18.7 Å². The summed E-state index contributed by atoms with van der Waals surface area (Å²) in [4.78, 5) is 30.5. The fraction of sp³-hybridized carbons (Fsp3) is 0.357. The normalized spacial score (nSPS) is 21.8. The number of hydrogen-bond acceptors (Lipinski definition) is 3. The minimum absolute atomic E-state index is 0.0542. The number of allylic oxidation sites excluding steroid dienone is 4. The first kappa shape index (κ1) is 23.7. The number of rotatable bonds is 5. The third kappa shape index (κ3) is 4.37. The number of halogens is 1. The average Bonchev–Trinajstić information content (AvgIpc) is 2.85. The van der Waals surface area contributed by atoms with Crippen LogP contribution in [-0.2, 0) is 4.79 Å². The Morgan fingerprint density at radius 1 is 1.15 bits per heavy atom. The van der Waals surface area contributed by atoms with E-state index in [1.54, 1.807) is 61.1 Å². The van der Waals surface area contributed by atoms with Crippen molar-refractivity contribution in [1.82, 2.24) is 4.90 Å². The van der Waals surface area contributed by atoms with E-state index in [1.165, 1.54) is 0 Å². The number of methoxy groups -OCH3 is 1. The van der Waals surface area contributed by atoms with Crippen molar-refractivity contribution in [2.45, 2.75) is 45.2 Å². The molecule has 2 aromatic carbocycles. The predicted molar refractivity (Wildman–Crippen MR) is 132 cm³/mol. The van der Waals surface area contributed by atoms with E-state index in [0.29, 0.717) is 42.1 Å². The lowest BCUT2D eigenvalue weighted by Crippen LogP contribution is -2.43. The highest BCUT2D eigenvalue weighted by Gasteiger charge is 2.38. The standard InChI is InChI=1S/C28H31FN2O3/c1-5-30(21-13-10-19(2)28(3,29)18-21)27(33)24-16-17-31(25-9-7-6-8-23(24)25)26(32)20-11-14-22(34-4)15-12-20/h6-15,24H,5,16-18H2,1-4H3/t24-,28?/m0/s1. The van der Waals surface area contributed by atoms with Gasteiger partial charge >= 0.3 is 0 Å². The van der Waals surface area contributed by atoms with E-state index in [4.69, 9.17) is 4.74 Å². The Bertz CT molecular complexity index is 1150. The summed E-state index contributed by atoms with van der Waals surface area (Å²) in [5.74, 6) is 0.126. The van der Waals surface area contributed by atoms with Gasteiger partial charge in [-0.2, -0.15) is 0 Å². The summed E-state index contributed by atoms with van der Waals surface area (Å²) in [5.41, 5.74) is 2.02. The van der Waals surface area contributed by atoms with E-state index in [-0.39, 0.29) is 18.2 Å². The number of para-hydroxylation sites is 1. The molecule has 0 spiro atoms. The molecule has 0 bridgehead atoms. The molecule has 0 radical (unpaired) electrons. The second kappa shape index (κ2) is 9.45. The van der Waals surface area contributed by atoms with E-state index >= 15 is 4.39 Å². The summed E-state index contributed by atoms with van der Waals surface area (Å²) < 4.78 is 20.2. The Morgan fingerprint density at radius 2 is 1.85 bits per heavy atom. The highest BCUT2D eigenvalue weighted by molar-refractivity contribution is 6.07. The van der Waals surface area contributed by atoms with E-state index in [9.17, 15) is 9.59 Å². The molecule has 6 heteroatoms. The Hall–Kier alpha value is -3.41. The number of nitrogens with zero attached hydrogens (tertiary/aromatic N) is 2. The van der Waals surface area contributed by atoms with Crippen molar-refractivity contribution in [1.29, 1.82) is 0 Å². The number of amides is 2. The van der Waals surface area contributed by atoms with Gasteiger partial charge in [-0.25, -0.2) is 4.39 Å². The lowest BCUT2D eigenvalue weighted by molar-refractivity contribution is -0.131. The maximum absolute atomic E-state index is 15.0. The molecular formula is C28H31FN2O3. The second-order valence-electron chi connectivity index (χ2n) is 9.05. The average molecular weight is 463 g/mol. The van der Waals surface area contributed by atoms with Gasteiger partial charge in [0.25, 0.3) is 5.91 Å². The topological polar surface area (TPSA) is 49.9 Å². The smallest absolute Gasteiger partial charge is 0.258 e. The molecular weight excluding hydrogens is 431 g/mol. The van der Waals surface area contributed by atoms with Crippen LogP contribution in [0.25, 0.3) is 0 Å². The summed E-state index contributed by atoms with van der Waals surface area (Å²) in [5, 5.41) is 0. The van der Waals surface area contributed by atoms with Crippen LogP contribution < -0.4 is 9.64 Å². The van der Waals surface area contributed by atoms with Crippen LogP contribution in [0.1, 0.15) is 55.5 Å². The van der Waals surface area contributed by atoms with Gasteiger partial charge in [-0.05, 0) is 74.7 Å². The highest BCUT2D eigenvalue weighted by Crippen LogP contribution is 2.40. The highest BCUT2D eigenvalue weighted by atomic mass is 19.1. The number of carbonyl (C=O) groups is 2. The molecule has 0 N–H and O–H groups in total. The van der Waals surface area contributed by atoms with Crippen molar-refractivity contribution in [2.24, 2.45) is 0 Å². The first-order chi connectivity index (χ1) is 16.3. The maximum atomic E-state index is 15.0. The first-order valence-corrected chi connectivity index (χ1v) is 11.7. The Labute approximate surface area is 200 Å². The third-order valence-corrected chi connectivity index (χ3v) is 6.91. The summed E-state index contributed by atoms with van der Waals surface area (Å²) >= 11 is 0. The van der Waals surface area contributed by atoms with Crippen LogP contribution in [0, 0.1) is 0 Å². The summed E-state index contributed by atoms with van der Waals surface area (Å²) in [7, 11) is 1.59. The SMILES string of the molecule is CCN(C(=O)[C@H]1CCN(C(=O)c2ccc(OC)cc2)c2ccccc21)C1=CC=C(C)C(C)(F)C1. The van der Waals surface area contributed by atoms with Crippen molar-refractivity contribution in [2.75, 3.05) is 25.1 Å². The van der Waals surface area contributed by atoms with Crippen LogP contribution in [0.3, 0.4) is 0 Å². The fourth-order valence-electron chi connectivity index (χ4n) is 4.73. The minimum atomic E-state index is -1.47. The van der Waals surface area contributed by atoms with Gasteiger partial charge in [0.2, 0.25) is 5.91 Å². The van der Waals surface area contributed by atoms with Crippen LogP contribution in [0.5, 0.6) is 5.75 Å². The number of carbonyl (C=O) groups excluding carboxylic acids is 2. The number of fused-ring (bicyclic) bond motifs is 1. The first-order valence-electron chi connectivity index (χ1n) is 11.7. The quantitative estimate of drug-likeness (QED) is 0.578. The zero-order valence-corrected chi connectivity index (χ0v) is 20.2. The van der Waals surface area contributed by atoms with Gasteiger partial charge in [0.05, 0.1) is 13.0 Å². The molecule has 2 aromatic rings. The van der Waals surface area contributed by atoms with Gasteiger partial charge in [-0.15, -0.1) is 0 Å². The number of benzene rings is 2. The van der Waals surface area contributed by atoms with Crippen LogP contribution >= 0.6 is 0 Å². The molecule has 1 heterocycles. The lowest BCUT2D eigenvalue weighted by Gasteiger charge is -2.38. The fourth-order valence-corrected chi connectivity index (χ4v) is 4.73. The number of likely N-dealkylation sites (N-methyl/N-ethyl adjacent to an activating group) is 1. The van der Waals surface area contributed by atoms with Gasteiger partial charge in [0.1, 0.15) is 11.4 Å². The molecule has 0 fully saturated rings. The molecule has 2 amide bonds. The molecule has 0 aromatic heterocycles. The van der Waals surface area contributed by atoms with Gasteiger partial charge in [0, 0.05) is 36.5 Å². The molecule has 1 unspecified atom stereocenters. The summed E-state index contributed by atoms with van der Waals surface area (Å²) in [6.07, 6.45) is 4.29. The van der Waals surface area contributed by atoms with Crippen molar-refractivity contribution in [3.05, 3.63) is 83.1 Å². The van der Waals surface area contributed by atoms with Gasteiger partial charge in [-0.1, -0.05) is 24.3 Å². The summed E-state index contributed by atoms with van der Waals surface area (Å²) in [6.45, 7) is 6.13. The van der Waals surface area contributed by atoms with E-state index in [2.05, 4.69) is 0 Å². The van der Waals surface area contributed by atoms with Gasteiger partial charge < -0.3 is 14.5 Å². The zero-order valence-electron chi connectivity index (χ0n) is 20.2. The molecule has 1 aliphatic carbocycles. The van der Waals surface area contributed by atoms with E-state index in [1.807, 2.05) is 37.3 Å². The minimum Gasteiger partial charge on any atom is -0.497 e. The molecule has 0 saturated carbocycles. The van der Waals surface area contributed by atoms with Crippen molar-refractivity contribution in [3.63, 3.8) is 0 Å². The molecule has 5 nitrogen and oxygen atoms in total. The summed E-state index contributed by atoms with van der Waals surface area (Å²) in [6, 6.07) is 14.6. The molecule has 2 aliphatic rings. The van der Waals surface area contributed by atoms with E-state index < -0.39 is 11.6 Å². The number of anilines is 1. The third-order valence-electron chi connectivity index (χ3n) is 6.91. The van der Waals surface area contributed by atoms with E-state index in [0.717, 1.165) is 11.3 Å². The predicted octanol–water partition coefficient (Wildman–Crippen LogP) is 5.64. The molecule has 4 rings (SSSR count). The van der Waals surface area contributed by atoms with Gasteiger partial charge in [-0.3, -0.25) is 9.59 Å². The maximum Gasteiger partial charge on any atom is 0.258 e. The Morgan fingerprint density at radius 3 is 2.50 bits per heavy atom. The Balaban J connectivity index is 1.62.